The van der Waals surface area contributed by atoms with Crippen molar-refractivity contribution in [2.24, 2.45) is 5.41 Å². The minimum Gasteiger partial charge on any atom is -0.497 e. The molecule has 0 radical (unpaired) electrons. The molecule has 27 heavy (non-hydrogen) atoms. The number of hydrogen-bond donors (Lipinski definition) is 2. The van der Waals surface area contributed by atoms with Crippen molar-refractivity contribution in [3.63, 3.8) is 0 Å². The van der Waals surface area contributed by atoms with Crippen LogP contribution in [0.5, 0.6) is 5.75 Å². The average Bonchev–Trinajstić information content (AvgIpc) is 2.60. The fourth-order valence-electron chi connectivity index (χ4n) is 4.10. The van der Waals surface area contributed by atoms with Gasteiger partial charge in [0.15, 0.2) is 0 Å². The summed E-state index contributed by atoms with van der Waals surface area (Å²) in [6.07, 6.45) is 4.78. The zero-order chi connectivity index (χ0) is 19.6. The highest BCUT2D eigenvalue weighted by Gasteiger charge is 2.41. The van der Waals surface area contributed by atoms with E-state index >= 15 is 0 Å². The zero-order valence-corrected chi connectivity index (χ0v) is 16.7. The van der Waals surface area contributed by atoms with Crippen molar-refractivity contribution in [3.05, 3.63) is 24.3 Å². The van der Waals surface area contributed by atoms with Crippen molar-refractivity contribution in [3.8, 4) is 5.75 Å². The van der Waals surface area contributed by atoms with Crippen LogP contribution >= 0.6 is 0 Å². The number of nitrogens with zero attached hydrogens (tertiary/aromatic N) is 1. The minimum atomic E-state index is -0.391. The number of ether oxygens (including phenoxy) is 1. The smallest absolute Gasteiger partial charge is 0.322 e. The number of rotatable bonds is 3. The second-order valence-electron chi connectivity index (χ2n) is 8.70. The van der Waals surface area contributed by atoms with E-state index in [9.17, 15) is 9.59 Å². The quantitative estimate of drug-likeness (QED) is 0.847. The summed E-state index contributed by atoms with van der Waals surface area (Å²) in [5.74, 6) is 0.849. The lowest BCUT2D eigenvalue weighted by Gasteiger charge is -2.49. The second kappa shape index (κ2) is 7.79. The highest BCUT2D eigenvalue weighted by atomic mass is 16.5. The molecule has 0 spiro atoms. The van der Waals surface area contributed by atoms with Gasteiger partial charge in [-0.15, -0.1) is 0 Å². The predicted octanol–water partition coefficient (Wildman–Crippen LogP) is 3.77. The van der Waals surface area contributed by atoms with Crippen LogP contribution in [0.15, 0.2) is 24.3 Å². The molecule has 3 rings (SSSR count). The molecule has 2 heterocycles. The molecule has 6 nitrogen and oxygen atoms in total. The molecule has 2 aliphatic heterocycles. The van der Waals surface area contributed by atoms with E-state index in [0.29, 0.717) is 0 Å². The number of methoxy groups -OCH3 is 1. The molecule has 3 amide bonds. The summed E-state index contributed by atoms with van der Waals surface area (Å²) in [5, 5.41) is 6.21. The summed E-state index contributed by atoms with van der Waals surface area (Å²) in [6.45, 7) is 5.79. The van der Waals surface area contributed by atoms with Crippen LogP contribution in [0.3, 0.4) is 0 Å². The molecule has 2 fully saturated rings. The highest BCUT2D eigenvalue weighted by molar-refractivity contribution is 5.90. The first-order chi connectivity index (χ1) is 12.8. The van der Waals surface area contributed by atoms with Crippen molar-refractivity contribution in [1.82, 2.24) is 10.2 Å². The first kappa shape index (κ1) is 19.5. The van der Waals surface area contributed by atoms with E-state index in [1.807, 2.05) is 49.9 Å². The van der Waals surface area contributed by atoms with Crippen LogP contribution in [0, 0.1) is 5.41 Å². The molecule has 1 aromatic carbocycles. The van der Waals surface area contributed by atoms with Crippen molar-refractivity contribution >= 4 is 17.6 Å². The Morgan fingerprint density at radius 3 is 2.19 bits per heavy atom. The van der Waals surface area contributed by atoms with Crippen molar-refractivity contribution in [1.29, 1.82) is 0 Å². The lowest BCUT2D eigenvalue weighted by Crippen LogP contribution is -2.60. The number of urea groups is 1. The van der Waals surface area contributed by atoms with Crippen LogP contribution in [-0.2, 0) is 4.79 Å². The number of nitrogens with one attached hydrogen (secondary N) is 2. The fraction of sp³-hybridized carbons (Fsp3) is 0.619. The Hall–Kier alpha value is -2.24. The van der Waals surface area contributed by atoms with Crippen LogP contribution in [0.2, 0.25) is 0 Å². The Morgan fingerprint density at radius 1 is 1.07 bits per heavy atom. The molecule has 6 heteroatoms. The zero-order valence-electron chi connectivity index (χ0n) is 16.7. The van der Waals surface area contributed by atoms with E-state index in [2.05, 4.69) is 10.6 Å². The maximum absolute atomic E-state index is 12.9. The van der Waals surface area contributed by atoms with Crippen LogP contribution in [0.1, 0.15) is 52.9 Å². The SMILES string of the molecule is COc1ccc(NC(=O)N2C3CCCC2CC(NC(=O)C(C)(C)C)C3)cc1. The van der Waals surface area contributed by atoms with E-state index in [1.165, 1.54) is 0 Å². The Bertz CT molecular complexity index is 667. The molecule has 2 saturated heterocycles. The summed E-state index contributed by atoms with van der Waals surface area (Å²) >= 11 is 0. The number of carbonyl (C=O) groups is 2. The lowest BCUT2D eigenvalue weighted by molar-refractivity contribution is -0.129. The monoisotopic (exact) mass is 373 g/mol. The maximum atomic E-state index is 12.9. The molecular weight excluding hydrogens is 342 g/mol. The van der Waals surface area contributed by atoms with Crippen LogP contribution in [0.25, 0.3) is 0 Å². The fourth-order valence-corrected chi connectivity index (χ4v) is 4.10. The third-order valence-corrected chi connectivity index (χ3v) is 5.57. The van der Waals surface area contributed by atoms with Gasteiger partial charge in [0.2, 0.25) is 5.91 Å². The molecule has 2 atom stereocenters. The topological polar surface area (TPSA) is 70.7 Å². The van der Waals surface area contributed by atoms with Gasteiger partial charge in [-0.3, -0.25) is 4.79 Å². The van der Waals surface area contributed by atoms with Gasteiger partial charge in [0, 0.05) is 29.2 Å². The van der Waals surface area contributed by atoms with Crippen LogP contribution in [0.4, 0.5) is 10.5 Å². The molecule has 0 saturated carbocycles. The van der Waals surface area contributed by atoms with Gasteiger partial charge in [-0.1, -0.05) is 20.8 Å². The van der Waals surface area contributed by atoms with Gasteiger partial charge in [0.25, 0.3) is 0 Å². The Morgan fingerprint density at radius 2 is 1.67 bits per heavy atom. The van der Waals surface area contributed by atoms with Gasteiger partial charge in [-0.2, -0.15) is 0 Å². The van der Waals surface area contributed by atoms with E-state index in [1.54, 1.807) is 7.11 Å². The molecule has 2 unspecified atom stereocenters. The molecule has 1 aromatic rings. The second-order valence-corrected chi connectivity index (χ2v) is 8.70. The summed E-state index contributed by atoms with van der Waals surface area (Å²) in [5.41, 5.74) is 0.375. The lowest BCUT2D eigenvalue weighted by atomic mass is 9.81. The normalized spacial score (nSPS) is 24.9. The summed E-state index contributed by atoms with van der Waals surface area (Å²) in [4.78, 5) is 27.3. The number of carbonyl (C=O) groups excluding carboxylic acids is 2. The van der Waals surface area contributed by atoms with Gasteiger partial charge in [-0.25, -0.2) is 4.79 Å². The molecule has 2 N–H and O–H groups in total. The Labute approximate surface area is 161 Å². The third kappa shape index (κ3) is 4.54. The predicted molar refractivity (Wildman–Crippen MR) is 106 cm³/mol. The molecule has 148 valence electrons. The number of anilines is 1. The number of benzene rings is 1. The summed E-state index contributed by atoms with van der Waals surface area (Å²) in [6, 6.07) is 7.84. The molecule has 0 aromatic heterocycles. The highest BCUT2D eigenvalue weighted by Crippen LogP contribution is 2.35. The molecule has 2 bridgehead atoms. The van der Waals surface area contributed by atoms with Crippen molar-refractivity contribution < 1.29 is 14.3 Å². The summed E-state index contributed by atoms with van der Waals surface area (Å²) < 4.78 is 5.16. The molecule has 2 aliphatic rings. The molecule has 0 aliphatic carbocycles. The van der Waals surface area contributed by atoms with E-state index in [0.717, 1.165) is 43.5 Å². The standard InChI is InChI=1S/C21H31N3O3/c1-21(2,3)19(25)22-15-12-16-6-5-7-17(13-15)24(16)20(26)23-14-8-10-18(27-4)11-9-14/h8-11,15-17H,5-7,12-13H2,1-4H3,(H,22,25)(H,23,26). The third-order valence-electron chi connectivity index (χ3n) is 5.57. The number of amides is 3. The number of hydrogen-bond acceptors (Lipinski definition) is 3. The van der Waals surface area contributed by atoms with Gasteiger partial charge in [0.1, 0.15) is 5.75 Å². The van der Waals surface area contributed by atoms with E-state index < -0.39 is 5.41 Å². The number of piperidine rings is 2. The Balaban J connectivity index is 1.64. The first-order valence-electron chi connectivity index (χ1n) is 9.82. The van der Waals surface area contributed by atoms with Crippen molar-refractivity contribution in [2.45, 2.75) is 71.0 Å². The minimum absolute atomic E-state index is 0.0459. The molecular formula is C21H31N3O3. The average molecular weight is 373 g/mol. The Kier molecular flexibility index (Phi) is 5.63. The number of fused-ring (bicyclic) bond motifs is 2. The van der Waals surface area contributed by atoms with E-state index in [-0.39, 0.29) is 30.1 Å². The van der Waals surface area contributed by atoms with Crippen LogP contribution < -0.4 is 15.4 Å². The van der Waals surface area contributed by atoms with Gasteiger partial charge < -0.3 is 20.3 Å². The van der Waals surface area contributed by atoms with Crippen LogP contribution in [-0.4, -0.2) is 42.1 Å². The first-order valence-corrected chi connectivity index (χ1v) is 9.82. The summed E-state index contributed by atoms with van der Waals surface area (Å²) in [7, 11) is 1.62. The van der Waals surface area contributed by atoms with Gasteiger partial charge in [-0.05, 0) is 56.4 Å². The van der Waals surface area contributed by atoms with Crippen molar-refractivity contribution in [2.75, 3.05) is 12.4 Å². The maximum Gasteiger partial charge on any atom is 0.322 e. The van der Waals surface area contributed by atoms with Gasteiger partial charge in [0.05, 0.1) is 7.11 Å². The van der Waals surface area contributed by atoms with E-state index in [4.69, 9.17) is 4.74 Å². The largest absolute Gasteiger partial charge is 0.497 e. The van der Waals surface area contributed by atoms with Gasteiger partial charge >= 0.3 is 6.03 Å².